The minimum atomic E-state index is -0.507. The van der Waals surface area contributed by atoms with Crippen molar-refractivity contribution < 1.29 is 14.3 Å². The van der Waals surface area contributed by atoms with Crippen molar-refractivity contribution in [3.05, 3.63) is 0 Å². The lowest BCUT2D eigenvalue weighted by molar-refractivity contribution is -0.132. The number of hydrogen-bond donors (Lipinski definition) is 1. The van der Waals surface area contributed by atoms with Gasteiger partial charge in [-0.3, -0.25) is 4.79 Å². The Hall–Kier alpha value is -1.70. The fraction of sp³-hybridized carbons (Fsp3) is 0.692. The smallest absolute Gasteiger partial charge is 0.407 e. The molecule has 1 aliphatic heterocycles. The van der Waals surface area contributed by atoms with Crippen molar-refractivity contribution in [2.24, 2.45) is 0 Å². The molecule has 5 heteroatoms. The fourth-order valence-electron chi connectivity index (χ4n) is 1.61. The van der Waals surface area contributed by atoms with Gasteiger partial charge in [0.25, 0.3) is 5.91 Å². The number of amides is 2. The summed E-state index contributed by atoms with van der Waals surface area (Å²) in [6, 6.07) is 0.0332. The molecule has 0 bridgehead atoms. The zero-order valence-corrected chi connectivity index (χ0v) is 11.4. The van der Waals surface area contributed by atoms with Crippen LogP contribution >= 0.6 is 0 Å². The van der Waals surface area contributed by atoms with Gasteiger partial charge in [0.2, 0.25) is 0 Å². The molecule has 0 aromatic heterocycles. The van der Waals surface area contributed by atoms with Crippen molar-refractivity contribution in [2.75, 3.05) is 13.1 Å². The van der Waals surface area contributed by atoms with Crippen LogP contribution in [0.3, 0.4) is 0 Å². The summed E-state index contributed by atoms with van der Waals surface area (Å²) < 4.78 is 5.12. The van der Waals surface area contributed by atoms with Crippen LogP contribution in [0.4, 0.5) is 4.79 Å². The van der Waals surface area contributed by atoms with Crippen molar-refractivity contribution in [3.8, 4) is 11.8 Å². The minimum Gasteiger partial charge on any atom is -0.444 e. The van der Waals surface area contributed by atoms with E-state index in [1.165, 1.54) is 0 Å². The lowest BCUT2D eigenvalue weighted by Gasteiger charge is -2.39. The molecule has 18 heavy (non-hydrogen) atoms. The highest BCUT2D eigenvalue weighted by Gasteiger charge is 2.31. The number of nitrogens with zero attached hydrogens (tertiary/aromatic N) is 1. The van der Waals surface area contributed by atoms with Crippen LogP contribution in [0.5, 0.6) is 0 Å². The molecule has 1 N–H and O–H groups in total. The van der Waals surface area contributed by atoms with Gasteiger partial charge in [-0.05, 0) is 40.0 Å². The van der Waals surface area contributed by atoms with E-state index in [-0.39, 0.29) is 11.9 Å². The number of alkyl carbamates (subject to hydrolysis) is 1. The van der Waals surface area contributed by atoms with Crippen LogP contribution in [0.25, 0.3) is 0 Å². The van der Waals surface area contributed by atoms with Gasteiger partial charge in [0, 0.05) is 13.1 Å². The molecule has 1 rings (SSSR count). The van der Waals surface area contributed by atoms with Crippen LogP contribution in [0, 0.1) is 11.8 Å². The van der Waals surface area contributed by atoms with E-state index in [1.54, 1.807) is 11.8 Å². The van der Waals surface area contributed by atoms with Crippen LogP contribution < -0.4 is 5.32 Å². The zero-order valence-electron chi connectivity index (χ0n) is 11.4. The van der Waals surface area contributed by atoms with E-state index < -0.39 is 11.7 Å². The molecule has 100 valence electrons. The molecule has 1 unspecified atom stereocenters. The Morgan fingerprint density at radius 1 is 1.44 bits per heavy atom. The van der Waals surface area contributed by atoms with Gasteiger partial charge in [-0.2, -0.15) is 0 Å². The van der Waals surface area contributed by atoms with E-state index in [0.717, 1.165) is 6.42 Å². The average molecular weight is 252 g/mol. The molecule has 1 fully saturated rings. The fourth-order valence-corrected chi connectivity index (χ4v) is 1.61. The standard InChI is InChI=1S/C13H20N2O3/c1-5-6-11(16)15-8-7-10(15)9-14-12(17)18-13(2,3)4/h10H,7-9H2,1-4H3,(H,14,17). The summed E-state index contributed by atoms with van der Waals surface area (Å²) in [5.74, 6) is 4.90. The summed E-state index contributed by atoms with van der Waals surface area (Å²) >= 11 is 0. The van der Waals surface area contributed by atoms with Crippen molar-refractivity contribution in [1.29, 1.82) is 0 Å². The quantitative estimate of drug-likeness (QED) is 0.750. The Balaban J connectivity index is 2.34. The number of carbonyl (C=O) groups excluding carboxylic acids is 2. The van der Waals surface area contributed by atoms with Gasteiger partial charge in [0.05, 0.1) is 6.04 Å². The topological polar surface area (TPSA) is 58.6 Å². The highest BCUT2D eigenvalue weighted by Crippen LogP contribution is 2.16. The summed E-state index contributed by atoms with van der Waals surface area (Å²) in [6.45, 7) is 8.17. The monoisotopic (exact) mass is 252 g/mol. The first-order valence-electron chi connectivity index (χ1n) is 6.03. The zero-order chi connectivity index (χ0) is 13.8. The van der Waals surface area contributed by atoms with E-state index in [9.17, 15) is 9.59 Å². The third kappa shape index (κ3) is 4.28. The number of hydrogen-bond acceptors (Lipinski definition) is 3. The molecule has 5 nitrogen and oxygen atoms in total. The molecule has 1 atom stereocenters. The SMILES string of the molecule is CC#CC(=O)N1CCC1CNC(=O)OC(C)(C)C. The molecule has 0 aromatic carbocycles. The lowest BCUT2D eigenvalue weighted by Crippen LogP contribution is -2.55. The van der Waals surface area contributed by atoms with E-state index in [0.29, 0.717) is 13.1 Å². The van der Waals surface area contributed by atoms with Crippen LogP contribution in [0.1, 0.15) is 34.1 Å². The van der Waals surface area contributed by atoms with Gasteiger partial charge in [-0.15, -0.1) is 0 Å². The van der Waals surface area contributed by atoms with Gasteiger partial charge in [-0.1, -0.05) is 5.92 Å². The highest BCUT2D eigenvalue weighted by atomic mass is 16.6. The molecule has 0 radical (unpaired) electrons. The third-order valence-electron chi connectivity index (χ3n) is 2.52. The van der Waals surface area contributed by atoms with Gasteiger partial charge >= 0.3 is 6.09 Å². The second kappa shape index (κ2) is 5.76. The number of rotatable bonds is 2. The molecular formula is C13H20N2O3. The van der Waals surface area contributed by atoms with Gasteiger partial charge < -0.3 is 15.0 Å². The number of likely N-dealkylation sites (tertiary alicyclic amines) is 1. The molecule has 1 saturated heterocycles. The maximum atomic E-state index is 11.5. The second-order valence-electron chi connectivity index (χ2n) is 5.20. The summed E-state index contributed by atoms with van der Waals surface area (Å²) in [6.07, 6.45) is 0.427. The normalized spacial score (nSPS) is 18.2. The van der Waals surface area contributed by atoms with Crippen molar-refractivity contribution in [2.45, 2.75) is 45.8 Å². The van der Waals surface area contributed by atoms with Crippen molar-refractivity contribution in [3.63, 3.8) is 0 Å². The Morgan fingerprint density at radius 3 is 2.56 bits per heavy atom. The van der Waals surface area contributed by atoms with E-state index in [2.05, 4.69) is 17.2 Å². The van der Waals surface area contributed by atoms with E-state index in [1.807, 2.05) is 20.8 Å². The summed E-state index contributed by atoms with van der Waals surface area (Å²) in [5.41, 5.74) is -0.507. The Bertz CT molecular complexity index is 387. The molecule has 0 aliphatic carbocycles. The first-order valence-corrected chi connectivity index (χ1v) is 6.03. The van der Waals surface area contributed by atoms with Gasteiger partial charge in [0.1, 0.15) is 5.60 Å². The first kappa shape index (κ1) is 14.4. The van der Waals surface area contributed by atoms with Crippen LogP contribution in [0.15, 0.2) is 0 Å². The number of ether oxygens (including phenoxy) is 1. The lowest BCUT2D eigenvalue weighted by atomic mass is 10.0. The van der Waals surface area contributed by atoms with Crippen LogP contribution in [-0.2, 0) is 9.53 Å². The number of nitrogens with one attached hydrogen (secondary N) is 1. The molecule has 1 heterocycles. The largest absolute Gasteiger partial charge is 0.444 e. The Kier molecular flexibility index (Phi) is 4.60. The summed E-state index contributed by atoms with van der Waals surface area (Å²) in [7, 11) is 0. The molecule has 0 aromatic rings. The Labute approximate surface area is 108 Å². The summed E-state index contributed by atoms with van der Waals surface area (Å²) in [4.78, 5) is 24.6. The van der Waals surface area contributed by atoms with Crippen LogP contribution in [-0.4, -0.2) is 41.6 Å². The maximum Gasteiger partial charge on any atom is 0.407 e. The maximum absolute atomic E-state index is 11.5. The van der Waals surface area contributed by atoms with Gasteiger partial charge in [-0.25, -0.2) is 4.79 Å². The Morgan fingerprint density at radius 2 is 2.11 bits per heavy atom. The summed E-state index contributed by atoms with van der Waals surface area (Å²) in [5, 5.41) is 2.66. The molecular weight excluding hydrogens is 232 g/mol. The number of carbonyl (C=O) groups is 2. The molecule has 0 spiro atoms. The molecule has 2 amide bonds. The highest BCUT2D eigenvalue weighted by molar-refractivity contribution is 5.94. The third-order valence-corrected chi connectivity index (χ3v) is 2.52. The first-order chi connectivity index (χ1) is 8.33. The molecule has 1 aliphatic rings. The average Bonchev–Trinajstić information content (AvgIpc) is 2.13. The van der Waals surface area contributed by atoms with E-state index in [4.69, 9.17) is 4.74 Å². The van der Waals surface area contributed by atoms with Crippen LogP contribution in [0.2, 0.25) is 0 Å². The predicted octanol–water partition coefficient (Wildman–Crippen LogP) is 1.14. The van der Waals surface area contributed by atoms with Gasteiger partial charge in [0.15, 0.2) is 0 Å². The van der Waals surface area contributed by atoms with Crippen molar-refractivity contribution in [1.82, 2.24) is 10.2 Å². The predicted molar refractivity (Wildman–Crippen MR) is 67.8 cm³/mol. The second-order valence-corrected chi connectivity index (χ2v) is 5.20. The van der Waals surface area contributed by atoms with E-state index >= 15 is 0 Å². The minimum absolute atomic E-state index is 0.0332. The van der Waals surface area contributed by atoms with Crippen molar-refractivity contribution >= 4 is 12.0 Å². The molecule has 0 saturated carbocycles.